The average Bonchev–Trinajstić information content (AvgIpc) is 3.09. The maximum atomic E-state index is 13.7. The maximum Gasteiger partial charge on any atom is 0.272 e. The Morgan fingerprint density at radius 3 is 2.04 bits per heavy atom. The average molecular weight is 753 g/mol. The molecule has 5 aromatic carbocycles. The molecule has 9 heteroatoms. The molecule has 236 valence electrons. The largest absolute Gasteiger partial charge is 0.378 e. The molecule has 0 aromatic heterocycles. The lowest BCUT2D eigenvalue weighted by molar-refractivity contribution is -0.116. The molecule has 0 saturated carbocycles. The SMILES string of the molecule is CN(C)c1ccc(/C=C(/NC(=O)c2ccccc2)C(=O)Nc2cccc(SC(C(=O)Nc3ccc(I)cc3)c3ccccc3)c2)cc1. The Balaban J connectivity index is 1.37. The molecule has 0 spiro atoms. The van der Waals surface area contributed by atoms with Crippen LogP contribution >= 0.6 is 34.4 Å². The van der Waals surface area contributed by atoms with Crippen LogP contribution in [0.3, 0.4) is 0 Å². The molecule has 7 nitrogen and oxygen atoms in total. The molecule has 3 amide bonds. The van der Waals surface area contributed by atoms with Crippen LogP contribution in [0.2, 0.25) is 0 Å². The lowest BCUT2D eigenvalue weighted by atomic mass is 10.1. The van der Waals surface area contributed by atoms with Crippen molar-refractivity contribution >= 4 is 75.2 Å². The number of halogens is 1. The van der Waals surface area contributed by atoms with E-state index in [2.05, 4.69) is 38.5 Å². The normalized spacial score (nSPS) is 11.7. The summed E-state index contributed by atoms with van der Waals surface area (Å²) < 4.78 is 1.08. The van der Waals surface area contributed by atoms with Crippen molar-refractivity contribution in [1.29, 1.82) is 0 Å². The summed E-state index contributed by atoms with van der Waals surface area (Å²) in [5.74, 6) is -1.04. The highest BCUT2D eigenvalue weighted by Gasteiger charge is 2.23. The highest BCUT2D eigenvalue weighted by Crippen LogP contribution is 2.37. The van der Waals surface area contributed by atoms with Crippen molar-refractivity contribution in [2.45, 2.75) is 10.1 Å². The molecule has 0 saturated heterocycles. The van der Waals surface area contributed by atoms with E-state index in [1.54, 1.807) is 36.4 Å². The van der Waals surface area contributed by atoms with Gasteiger partial charge in [0.25, 0.3) is 11.8 Å². The Labute approximate surface area is 292 Å². The first-order valence-electron chi connectivity index (χ1n) is 14.8. The van der Waals surface area contributed by atoms with Gasteiger partial charge in [0.05, 0.1) is 0 Å². The molecule has 1 atom stereocenters. The number of nitrogens with zero attached hydrogens (tertiary/aromatic N) is 1. The molecule has 5 rings (SSSR count). The van der Waals surface area contributed by atoms with Gasteiger partial charge in [-0.3, -0.25) is 14.4 Å². The summed E-state index contributed by atoms with van der Waals surface area (Å²) in [6.07, 6.45) is 1.65. The summed E-state index contributed by atoms with van der Waals surface area (Å²) in [5, 5.41) is 8.20. The molecule has 0 radical (unpaired) electrons. The van der Waals surface area contributed by atoms with Crippen molar-refractivity contribution in [3.63, 3.8) is 0 Å². The molecule has 3 N–H and O–H groups in total. The molecule has 0 heterocycles. The van der Waals surface area contributed by atoms with Crippen LogP contribution in [-0.4, -0.2) is 31.8 Å². The van der Waals surface area contributed by atoms with Gasteiger partial charge in [-0.1, -0.05) is 66.7 Å². The fourth-order valence-corrected chi connectivity index (χ4v) is 6.04. The van der Waals surface area contributed by atoms with Gasteiger partial charge in [0.2, 0.25) is 5.91 Å². The van der Waals surface area contributed by atoms with Crippen molar-refractivity contribution in [1.82, 2.24) is 5.32 Å². The Morgan fingerprint density at radius 2 is 1.38 bits per heavy atom. The van der Waals surface area contributed by atoms with Crippen LogP contribution in [0.4, 0.5) is 17.1 Å². The molecule has 47 heavy (non-hydrogen) atoms. The first-order chi connectivity index (χ1) is 22.7. The van der Waals surface area contributed by atoms with Gasteiger partial charge in [0, 0.05) is 45.2 Å². The summed E-state index contributed by atoms with van der Waals surface area (Å²) in [7, 11) is 3.91. The smallest absolute Gasteiger partial charge is 0.272 e. The number of carbonyl (C=O) groups is 3. The van der Waals surface area contributed by atoms with E-state index in [9.17, 15) is 14.4 Å². The van der Waals surface area contributed by atoms with Gasteiger partial charge >= 0.3 is 0 Å². The Morgan fingerprint density at radius 1 is 0.723 bits per heavy atom. The van der Waals surface area contributed by atoms with Crippen molar-refractivity contribution in [2.24, 2.45) is 0 Å². The topological polar surface area (TPSA) is 90.5 Å². The molecule has 0 aliphatic carbocycles. The first-order valence-corrected chi connectivity index (χ1v) is 16.8. The second-order valence-corrected chi connectivity index (χ2v) is 13.2. The third-order valence-corrected chi connectivity index (χ3v) is 9.01. The number of rotatable bonds is 11. The Bertz CT molecular complexity index is 1860. The number of anilines is 3. The predicted octanol–water partition coefficient (Wildman–Crippen LogP) is 8.24. The molecule has 0 aliphatic rings. The van der Waals surface area contributed by atoms with E-state index in [-0.39, 0.29) is 11.6 Å². The third-order valence-electron chi connectivity index (χ3n) is 7.05. The van der Waals surface area contributed by atoms with Crippen molar-refractivity contribution in [2.75, 3.05) is 29.6 Å². The molecule has 1 unspecified atom stereocenters. The zero-order valence-electron chi connectivity index (χ0n) is 25.8. The minimum atomic E-state index is -0.549. The van der Waals surface area contributed by atoms with Crippen molar-refractivity contribution in [3.05, 3.63) is 159 Å². The van der Waals surface area contributed by atoms with Crippen LogP contribution in [0.5, 0.6) is 0 Å². The van der Waals surface area contributed by atoms with Gasteiger partial charge in [-0.25, -0.2) is 0 Å². The second-order valence-electron chi connectivity index (χ2n) is 10.8. The number of hydrogen-bond acceptors (Lipinski definition) is 5. The van der Waals surface area contributed by atoms with Gasteiger partial charge in [-0.15, -0.1) is 11.8 Å². The Kier molecular flexibility index (Phi) is 11.5. The van der Waals surface area contributed by atoms with Gasteiger partial charge < -0.3 is 20.9 Å². The van der Waals surface area contributed by atoms with Crippen LogP contribution in [0.15, 0.2) is 144 Å². The van der Waals surface area contributed by atoms with Gasteiger partial charge in [-0.05, 0) is 107 Å². The summed E-state index contributed by atoms with van der Waals surface area (Å²) in [4.78, 5) is 43.1. The molecule has 5 aromatic rings. The first kappa shape index (κ1) is 33.5. The zero-order chi connectivity index (χ0) is 33.2. The van der Waals surface area contributed by atoms with Gasteiger partial charge in [0.15, 0.2) is 0 Å². The number of hydrogen-bond donors (Lipinski definition) is 3. The van der Waals surface area contributed by atoms with Crippen LogP contribution in [-0.2, 0) is 9.59 Å². The van der Waals surface area contributed by atoms with Crippen LogP contribution in [0, 0.1) is 3.57 Å². The van der Waals surface area contributed by atoms with Crippen LogP contribution in [0.1, 0.15) is 26.7 Å². The molecular weight excluding hydrogens is 719 g/mol. The summed E-state index contributed by atoms with van der Waals surface area (Å²) >= 11 is 3.61. The zero-order valence-corrected chi connectivity index (χ0v) is 28.8. The number of carbonyl (C=O) groups excluding carboxylic acids is 3. The lowest BCUT2D eigenvalue weighted by Crippen LogP contribution is -2.30. The van der Waals surface area contributed by atoms with E-state index in [0.717, 1.165) is 25.3 Å². The van der Waals surface area contributed by atoms with Gasteiger partial charge in [0.1, 0.15) is 10.9 Å². The highest BCUT2D eigenvalue weighted by molar-refractivity contribution is 14.1. The number of amides is 3. The molecule has 0 bridgehead atoms. The summed E-state index contributed by atoms with van der Waals surface area (Å²) in [6.45, 7) is 0. The van der Waals surface area contributed by atoms with Gasteiger partial charge in [-0.2, -0.15) is 0 Å². The van der Waals surface area contributed by atoms with E-state index < -0.39 is 17.1 Å². The van der Waals surface area contributed by atoms with E-state index in [1.807, 2.05) is 122 Å². The van der Waals surface area contributed by atoms with E-state index in [1.165, 1.54) is 11.8 Å². The fourth-order valence-electron chi connectivity index (χ4n) is 4.60. The van der Waals surface area contributed by atoms with Crippen LogP contribution < -0.4 is 20.9 Å². The standard InChI is InChI=1S/C38H33IN4O3S/c1-43(2)32-22-16-26(17-23-32)24-34(42-36(44)28-12-7-4-8-13-28)37(45)41-31-14-9-15-33(25-31)47-35(27-10-5-3-6-11-27)38(46)40-30-20-18-29(39)19-21-30/h3-25,35H,1-2H3,(H,40,46)(H,41,45)(H,42,44)/b34-24+. The van der Waals surface area contributed by atoms with Crippen LogP contribution in [0.25, 0.3) is 6.08 Å². The number of thioether (sulfide) groups is 1. The second kappa shape index (κ2) is 16.1. The van der Waals surface area contributed by atoms with Crippen molar-refractivity contribution < 1.29 is 14.4 Å². The van der Waals surface area contributed by atoms with E-state index in [4.69, 9.17) is 0 Å². The van der Waals surface area contributed by atoms with E-state index in [0.29, 0.717) is 16.9 Å². The number of benzene rings is 5. The monoisotopic (exact) mass is 752 g/mol. The summed E-state index contributed by atoms with van der Waals surface area (Å²) in [5.41, 5.74) is 4.37. The molecule has 0 fully saturated rings. The molecule has 0 aliphatic heterocycles. The minimum Gasteiger partial charge on any atom is -0.378 e. The van der Waals surface area contributed by atoms with E-state index >= 15 is 0 Å². The maximum absolute atomic E-state index is 13.7. The third kappa shape index (κ3) is 9.57. The van der Waals surface area contributed by atoms with Crippen molar-refractivity contribution in [3.8, 4) is 0 Å². The minimum absolute atomic E-state index is 0.0913. The number of nitrogens with one attached hydrogen (secondary N) is 3. The Hall–Kier alpha value is -4.87. The lowest BCUT2D eigenvalue weighted by Gasteiger charge is -2.18. The predicted molar refractivity (Wildman–Crippen MR) is 201 cm³/mol. The quantitative estimate of drug-likeness (QED) is 0.0719. The highest BCUT2D eigenvalue weighted by atomic mass is 127. The fraction of sp³-hybridized carbons (Fsp3) is 0.0789. The molecular formula is C38H33IN4O3S. The summed E-state index contributed by atoms with van der Waals surface area (Å²) in [6, 6.07) is 40.9.